The Bertz CT molecular complexity index is 556. The van der Waals surface area contributed by atoms with E-state index in [0.29, 0.717) is 25.6 Å². The molecule has 7 nitrogen and oxygen atoms in total. The van der Waals surface area contributed by atoms with Crippen molar-refractivity contribution in [2.24, 2.45) is 0 Å². The Hall–Kier alpha value is -2.02. The molecule has 1 saturated heterocycles. The van der Waals surface area contributed by atoms with E-state index in [9.17, 15) is 4.79 Å². The van der Waals surface area contributed by atoms with Crippen LogP contribution in [-0.2, 0) is 9.47 Å². The number of anilines is 1. The maximum atomic E-state index is 12.4. The molecule has 2 atom stereocenters. The van der Waals surface area contributed by atoms with Crippen LogP contribution < -0.4 is 10.1 Å². The van der Waals surface area contributed by atoms with Crippen LogP contribution in [0.1, 0.15) is 34.1 Å². The third kappa shape index (κ3) is 6.08. The van der Waals surface area contributed by atoms with Crippen molar-refractivity contribution in [3.8, 4) is 5.88 Å². The second-order valence-corrected chi connectivity index (χ2v) is 7.27. The summed E-state index contributed by atoms with van der Waals surface area (Å²) in [4.78, 5) is 18.4. The minimum Gasteiger partial charge on any atom is -0.481 e. The van der Waals surface area contributed by atoms with Crippen LogP contribution in [-0.4, -0.2) is 60.5 Å². The summed E-state index contributed by atoms with van der Waals surface area (Å²) < 4.78 is 16.2. The van der Waals surface area contributed by atoms with Crippen molar-refractivity contribution in [1.29, 1.82) is 0 Å². The van der Waals surface area contributed by atoms with Crippen LogP contribution in [0.5, 0.6) is 5.88 Å². The highest BCUT2D eigenvalue weighted by molar-refractivity contribution is 5.68. The molecule has 1 aromatic heterocycles. The Morgan fingerprint density at radius 1 is 1.48 bits per heavy atom. The molecular weight excluding hydrogens is 322 g/mol. The van der Waals surface area contributed by atoms with Gasteiger partial charge in [0.1, 0.15) is 5.60 Å². The lowest BCUT2D eigenvalue weighted by molar-refractivity contribution is -0.0345. The van der Waals surface area contributed by atoms with Crippen LogP contribution in [0, 0.1) is 0 Å². The minimum atomic E-state index is -0.501. The van der Waals surface area contributed by atoms with Gasteiger partial charge in [-0.3, -0.25) is 0 Å². The number of aromatic nitrogens is 1. The Kier molecular flexibility index (Phi) is 6.47. The molecule has 0 radical (unpaired) electrons. The van der Waals surface area contributed by atoms with Crippen molar-refractivity contribution in [3.63, 3.8) is 0 Å². The molecule has 0 saturated carbocycles. The fourth-order valence-corrected chi connectivity index (χ4v) is 2.75. The fourth-order valence-electron chi connectivity index (χ4n) is 2.75. The van der Waals surface area contributed by atoms with Crippen molar-refractivity contribution in [2.45, 2.75) is 51.8 Å². The number of nitrogens with one attached hydrogen (secondary N) is 1. The zero-order valence-electron chi connectivity index (χ0n) is 15.7. The lowest BCUT2D eigenvalue weighted by atomic mass is 10.1. The summed E-state index contributed by atoms with van der Waals surface area (Å²) in [6, 6.07) is 3.86. The van der Waals surface area contributed by atoms with Gasteiger partial charge >= 0.3 is 6.09 Å². The fraction of sp³-hybridized carbons (Fsp3) is 0.667. The van der Waals surface area contributed by atoms with Crippen LogP contribution in [0.3, 0.4) is 0 Å². The van der Waals surface area contributed by atoms with Crippen LogP contribution in [0.25, 0.3) is 0 Å². The molecule has 2 rings (SSSR count). The molecule has 25 heavy (non-hydrogen) atoms. The van der Waals surface area contributed by atoms with Crippen molar-refractivity contribution in [1.82, 2.24) is 9.88 Å². The van der Waals surface area contributed by atoms with Gasteiger partial charge in [0.2, 0.25) is 5.88 Å². The molecular formula is C18H29N3O4. The van der Waals surface area contributed by atoms with Gasteiger partial charge in [0, 0.05) is 18.7 Å². The third-order valence-electron chi connectivity index (χ3n) is 3.84. The number of rotatable bonds is 5. The highest BCUT2D eigenvalue weighted by Gasteiger charge is 2.31. The molecule has 1 amide bonds. The Balaban J connectivity index is 1.93. The van der Waals surface area contributed by atoms with Gasteiger partial charge < -0.3 is 24.4 Å². The highest BCUT2D eigenvalue weighted by Crippen LogP contribution is 2.19. The second-order valence-electron chi connectivity index (χ2n) is 7.27. The summed E-state index contributed by atoms with van der Waals surface area (Å²) in [6.07, 6.45) is 2.21. The first-order valence-electron chi connectivity index (χ1n) is 8.62. The SMILES string of the molecule is COc1ccc(NC(C)CC2COCCN2C(=O)OC(C)(C)C)cn1. The van der Waals surface area contributed by atoms with Gasteiger partial charge in [-0.2, -0.15) is 0 Å². The molecule has 1 aromatic rings. The van der Waals surface area contributed by atoms with Gasteiger partial charge in [0.15, 0.2) is 0 Å². The maximum Gasteiger partial charge on any atom is 0.410 e. The number of nitrogens with zero attached hydrogens (tertiary/aromatic N) is 2. The Labute approximate surface area is 149 Å². The first-order chi connectivity index (χ1) is 11.8. The monoisotopic (exact) mass is 351 g/mol. The van der Waals surface area contributed by atoms with Crippen LogP contribution >= 0.6 is 0 Å². The summed E-state index contributed by atoms with van der Waals surface area (Å²) in [7, 11) is 1.59. The molecule has 7 heteroatoms. The van der Waals surface area contributed by atoms with Crippen molar-refractivity contribution in [3.05, 3.63) is 18.3 Å². The molecule has 1 fully saturated rings. The Morgan fingerprint density at radius 2 is 2.24 bits per heavy atom. The van der Waals surface area contributed by atoms with Gasteiger partial charge in [-0.1, -0.05) is 0 Å². The number of morpholine rings is 1. The molecule has 1 N–H and O–H groups in total. The van der Waals surface area contributed by atoms with Gasteiger partial charge in [0.05, 0.1) is 38.2 Å². The first kappa shape index (κ1) is 19.3. The van der Waals surface area contributed by atoms with Gasteiger partial charge in [-0.05, 0) is 40.2 Å². The first-order valence-corrected chi connectivity index (χ1v) is 8.62. The quantitative estimate of drug-likeness (QED) is 0.879. The predicted octanol–water partition coefficient (Wildman–Crippen LogP) is 2.92. The zero-order valence-corrected chi connectivity index (χ0v) is 15.7. The average Bonchev–Trinajstić information content (AvgIpc) is 2.54. The van der Waals surface area contributed by atoms with Crippen LogP contribution in [0.15, 0.2) is 18.3 Å². The number of amides is 1. The predicted molar refractivity (Wildman–Crippen MR) is 96.0 cm³/mol. The summed E-state index contributed by atoms with van der Waals surface area (Å²) in [6.45, 7) is 9.32. The highest BCUT2D eigenvalue weighted by atomic mass is 16.6. The molecule has 1 aliphatic heterocycles. The molecule has 0 spiro atoms. The van der Waals surface area contributed by atoms with E-state index in [-0.39, 0.29) is 18.2 Å². The van der Waals surface area contributed by atoms with Crippen LogP contribution in [0.2, 0.25) is 0 Å². The minimum absolute atomic E-state index is 0.0164. The van der Waals surface area contributed by atoms with Gasteiger partial charge in [-0.25, -0.2) is 9.78 Å². The molecule has 2 unspecified atom stereocenters. The number of methoxy groups -OCH3 is 1. The standard InChI is InChI=1S/C18H29N3O4/c1-13(20-14-6-7-16(23-5)19-11-14)10-15-12-24-9-8-21(15)17(22)25-18(2,3)4/h6-7,11,13,15,20H,8-10,12H2,1-5H3. The summed E-state index contributed by atoms with van der Waals surface area (Å²) in [5, 5.41) is 3.40. The van der Waals surface area contributed by atoms with E-state index in [2.05, 4.69) is 17.2 Å². The Morgan fingerprint density at radius 3 is 2.84 bits per heavy atom. The van der Waals surface area contributed by atoms with E-state index in [1.807, 2.05) is 32.9 Å². The van der Waals surface area contributed by atoms with E-state index in [1.165, 1.54) is 0 Å². The largest absolute Gasteiger partial charge is 0.481 e. The van der Waals surface area contributed by atoms with E-state index in [4.69, 9.17) is 14.2 Å². The average molecular weight is 351 g/mol. The van der Waals surface area contributed by atoms with E-state index in [1.54, 1.807) is 18.2 Å². The normalized spacial score (nSPS) is 19.2. The topological polar surface area (TPSA) is 72.9 Å². The maximum absolute atomic E-state index is 12.4. The summed E-state index contributed by atoms with van der Waals surface area (Å²) in [5.74, 6) is 0.579. The number of carbonyl (C=O) groups excluding carboxylic acids is 1. The summed E-state index contributed by atoms with van der Waals surface area (Å²) in [5.41, 5.74) is 0.410. The third-order valence-corrected chi connectivity index (χ3v) is 3.84. The molecule has 140 valence electrons. The number of pyridine rings is 1. The van der Waals surface area contributed by atoms with E-state index < -0.39 is 5.60 Å². The smallest absolute Gasteiger partial charge is 0.410 e. The van der Waals surface area contributed by atoms with Crippen LogP contribution in [0.4, 0.5) is 10.5 Å². The van der Waals surface area contributed by atoms with Gasteiger partial charge in [-0.15, -0.1) is 0 Å². The molecule has 0 aliphatic carbocycles. The number of ether oxygens (including phenoxy) is 3. The zero-order chi connectivity index (χ0) is 18.4. The molecule has 1 aliphatic rings. The number of carbonyl (C=O) groups is 1. The van der Waals surface area contributed by atoms with Crippen molar-refractivity contribution in [2.75, 3.05) is 32.2 Å². The molecule has 2 heterocycles. The molecule has 0 aromatic carbocycles. The lowest BCUT2D eigenvalue weighted by Crippen LogP contribution is -2.51. The van der Waals surface area contributed by atoms with Gasteiger partial charge in [0.25, 0.3) is 0 Å². The van der Waals surface area contributed by atoms with E-state index in [0.717, 1.165) is 12.1 Å². The van der Waals surface area contributed by atoms with Crippen molar-refractivity contribution < 1.29 is 19.0 Å². The summed E-state index contributed by atoms with van der Waals surface area (Å²) >= 11 is 0. The number of hydrogen-bond donors (Lipinski definition) is 1. The van der Waals surface area contributed by atoms with E-state index >= 15 is 0 Å². The number of hydrogen-bond acceptors (Lipinski definition) is 6. The second kappa shape index (κ2) is 8.38. The lowest BCUT2D eigenvalue weighted by Gasteiger charge is -2.37. The molecule has 0 bridgehead atoms. The van der Waals surface area contributed by atoms with Crippen molar-refractivity contribution >= 4 is 11.8 Å².